The van der Waals surface area contributed by atoms with Gasteiger partial charge in [0.15, 0.2) is 0 Å². The summed E-state index contributed by atoms with van der Waals surface area (Å²) >= 11 is 0. The van der Waals surface area contributed by atoms with Gasteiger partial charge in [-0.2, -0.15) is 0 Å². The van der Waals surface area contributed by atoms with Gasteiger partial charge in [-0.05, 0) is 5.56 Å². The number of rotatable bonds is 8. The Hall–Kier alpha value is -3.17. The molecule has 10 nitrogen and oxygen atoms in total. The third kappa shape index (κ3) is 7.29. The number of methoxy groups -OCH3 is 2. The van der Waals surface area contributed by atoms with Crippen molar-refractivity contribution in [3.05, 3.63) is 39.9 Å². The number of non-ortho nitro benzene ring substituents is 1. The Bertz CT molecular complexity index is 626. The number of nitro benzene ring substituents is 1. The van der Waals surface area contributed by atoms with Crippen LogP contribution in [0.3, 0.4) is 0 Å². The van der Waals surface area contributed by atoms with Gasteiger partial charge in [0.1, 0.15) is 12.7 Å². The van der Waals surface area contributed by atoms with Gasteiger partial charge in [-0.15, -0.1) is 0 Å². The summed E-state index contributed by atoms with van der Waals surface area (Å²) in [7, 11) is 2.30. The molecule has 0 unspecified atom stereocenters. The molecule has 0 saturated carbocycles. The lowest BCUT2D eigenvalue weighted by atomic mass is 10.2. The smallest absolute Gasteiger partial charge is 0.469 e. The Morgan fingerprint density at radius 3 is 2.24 bits per heavy atom. The predicted molar refractivity (Wildman–Crippen MR) is 81.4 cm³/mol. The van der Waals surface area contributed by atoms with Crippen LogP contribution in [0.1, 0.15) is 18.4 Å². The number of nitrogens with zero attached hydrogens (tertiary/aromatic N) is 1. The molecule has 1 aromatic carbocycles. The summed E-state index contributed by atoms with van der Waals surface area (Å²) < 4.78 is 18.6. The van der Waals surface area contributed by atoms with Crippen LogP contribution in [-0.2, 0) is 35.1 Å². The summed E-state index contributed by atoms with van der Waals surface area (Å²) in [5.41, 5.74) is 0.229. The van der Waals surface area contributed by atoms with E-state index in [1.54, 1.807) is 0 Å². The first-order chi connectivity index (χ1) is 11.8. The molecular formula is C15H17NO9. The molecule has 0 atom stereocenters. The number of esters is 2. The van der Waals surface area contributed by atoms with E-state index >= 15 is 0 Å². The van der Waals surface area contributed by atoms with Crippen molar-refractivity contribution in [2.75, 3.05) is 14.2 Å². The van der Waals surface area contributed by atoms with Crippen molar-refractivity contribution in [1.29, 1.82) is 0 Å². The van der Waals surface area contributed by atoms with Crippen molar-refractivity contribution in [2.24, 2.45) is 0 Å². The Morgan fingerprint density at radius 1 is 1.12 bits per heavy atom. The van der Waals surface area contributed by atoms with E-state index in [0.29, 0.717) is 5.56 Å². The van der Waals surface area contributed by atoms with Gasteiger partial charge in [0.25, 0.3) is 5.69 Å². The summed E-state index contributed by atoms with van der Waals surface area (Å²) in [4.78, 5) is 44.4. The minimum atomic E-state index is -1.13. The monoisotopic (exact) mass is 355 g/mol. The number of carbonyl (C=O) groups excluding carboxylic acids is 3. The van der Waals surface area contributed by atoms with Crippen molar-refractivity contribution in [1.82, 2.24) is 0 Å². The molecule has 1 aromatic rings. The highest BCUT2D eigenvalue weighted by Gasteiger charge is 2.23. The molecular weight excluding hydrogens is 338 g/mol. The van der Waals surface area contributed by atoms with Gasteiger partial charge in [-0.3, -0.25) is 19.7 Å². The Kier molecular flexibility index (Phi) is 7.83. The zero-order chi connectivity index (χ0) is 18.8. The summed E-state index contributed by atoms with van der Waals surface area (Å²) in [6.07, 6.45) is -2.95. The number of ether oxygens (including phenoxy) is 4. The van der Waals surface area contributed by atoms with Gasteiger partial charge in [-0.25, -0.2) is 4.79 Å². The predicted octanol–water partition coefficient (Wildman–Crippen LogP) is 1.74. The van der Waals surface area contributed by atoms with Crippen LogP contribution in [0.25, 0.3) is 0 Å². The summed E-state index contributed by atoms with van der Waals surface area (Å²) in [5.74, 6) is -1.36. The van der Waals surface area contributed by atoms with Crippen LogP contribution < -0.4 is 0 Å². The molecule has 25 heavy (non-hydrogen) atoms. The van der Waals surface area contributed by atoms with Crippen LogP contribution in [0.15, 0.2) is 24.3 Å². The van der Waals surface area contributed by atoms with Gasteiger partial charge in [0.05, 0.1) is 32.0 Å². The minimum absolute atomic E-state index is 0.149. The number of hydrogen-bond acceptors (Lipinski definition) is 9. The van der Waals surface area contributed by atoms with Gasteiger partial charge in [0.2, 0.25) is 0 Å². The lowest BCUT2D eigenvalue weighted by Gasteiger charge is -2.15. The molecule has 0 bridgehead atoms. The fourth-order valence-electron chi connectivity index (χ4n) is 1.77. The molecule has 0 aliphatic rings. The highest BCUT2D eigenvalue weighted by molar-refractivity contribution is 5.74. The molecule has 136 valence electrons. The molecule has 0 aliphatic heterocycles. The zero-order valence-electron chi connectivity index (χ0n) is 13.6. The van der Waals surface area contributed by atoms with Crippen molar-refractivity contribution < 1.29 is 38.3 Å². The summed E-state index contributed by atoms with van der Waals surface area (Å²) in [5, 5.41) is 10.7. The first kappa shape index (κ1) is 19.9. The second kappa shape index (κ2) is 9.85. The Balaban J connectivity index is 2.61. The highest BCUT2D eigenvalue weighted by Crippen LogP contribution is 2.15. The lowest BCUT2D eigenvalue weighted by molar-refractivity contribution is -0.384. The van der Waals surface area contributed by atoms with E-state index < -0.39 is 29.1 Å². The fourth-order valence-corrected chi connectivity index (χ4v) is 1.77. The average molecular weight is 355 g/mol. The van der Waals surface area contributed by atoms with Crippen LogP contribution in [0.2, 0.25) is 0 Å². The maximum absolute atomic E-state index is 11.7. The molecule has 0 fully saturated rings. The number of hydrogen-bond donors (Lipinski definition) is 0. The van der Waals surface area contributed by atoms with E-state index in [1.807, 2.05) is 0 Å². The van der Waals surface area contributed by atoms with Crippen molar-refractivity contribution in [3.63, 3.8) is 0 Å². The molecule has 1 rings (SSSR count). The Morgan fingerprint density at radius 2 is 1.72 bits per heavy atom. The largest absolute Gasteiger partial charge is 0.508 e. The molecule has 0 aliphatic carbocycles. The molecule has 0 radical (unpaired) electrons. The van der Waals surface area contributed by atoms with Crippen LogP contribution in [-0.4, -0.2) is 43.3 Å². The fraction of sp³-hybridized carbons (Fsp3) is 0.400. The first-order valence-corrected chi connectivity index (χ1v) is 7.06. The first-order valence-electron chi connectivity index (χ1n) is 7.06. The molecule has 0 aromatic heterocycles. The number of carbonyl (C=O) groups is 3. The number of nitro groups is 1. The quantitative estimate of drug-likeness (QED) is 0.296. The molecule has 0 N–H and O–H groups in total. The van der Waals surface area contributed by atoms with Crippen molar-refractivity contribution in [3.8, 4) is 0 Å². The summed E-state index contributed by atoms with van der Waals surface area (Å²) in [6, 6.07) is 5.51. The highest BCUT2D eigenvalue weighted by atomic mass is 16.7. The van der Waals surface area contributed by atoms with Crippen molar-refractivity contribution in [2.45, 2.75) is 25.6 Å². The maximum atomic E-state index is 11.7. The normalized spacial score (nSPS) is 10.0. The second-order valence-electron chi connectivity index (χ2n) is 4.77. The van der Waals surface area contributed by atoms with Crippen LogP contribution in [0.5, 0.6) is 0 Å². The van der Waals surface area contributed by atoms with Crippen LogP contribution in [0, 0.1) is 10.1 Å². The third-order valence-corrected chi connectivity index (χ3v) is 2.98. The van der Waals surface area contributed by atoms with E-state index in [0.717, 1.165) is 14.2 Å². The van der Waals surface area contributed by atoms with E-state index in [4.69, 9.17) is 9.47 Å². The molecule has 0 amide bonds. The Labute approximate surface area is 142 Å². The SMILES string of the molecule is COC(=O)CC(CC(=O)OC)OC(=O)OCc1cccc([N+](=O)[O-])c1. The molecule has 0 heterocycles. The van der Waals surface area contributed by atoms with Crippen molar-refractivity contribution >= 4 is 23.8 Å². The lowest BCUT2D eigenvalue weighted by Crippen LogP contribution is -2.26. The third-order valence-electron chi connectivity index (χ3n) is 2.98. The standard InChI is InChI=1S/C15H17NO9/c1-22-13(17)7-12(8-14(18)23-2)25-15(19)24-9-10-4-3-5-11(6-10)16(20)21/h3-6,12H,7-9H2,1-2H3. The van der Waals surface area contributed by atoms with Crippen LogP contribution in [0.4, 0.5) is 10.5 Å². The minimum Gasteiger partial charge on any atom is -0.469 e. The molecule has 0 saturated heterocycles. The van der Waals surface area contributed by atoms with E-state index in [1.165, 1.54) is 24.3 Å². The molecule has 0 spiro atoms. The topological polar surface area (TPSA) is 131 Å². The van der Waals surface area contributed by atoms with Gasteiger partial charge in [0, 0.05) is 12.1 Å². The van der Waals surface area contributed by atoms with E-state index in [9.17, 15) is 24.5 Å². The summed E-state index contributed by atoms with van der Waals surface area (Å²) in [6.45, 7) is -0.274. The molecule has 10 heteroatoms. The number of benzene rings is 1. The zero-order valence-corrected chi connectivity index (χ0v) is 13.6. The maximum Gasteiger partial charge on any atom is 0.508 e. The van der Waals surface area contributed by atoms with Gasteiger partial charge in [-0.1, -0.05) is 12.1 Å². The second-order valence-corrected chi connectivity index (χ2v) is 4.77. The van der Waals surface area contributed by atoms with Gasteiger partial charge >= 0.3 is 18.1 Å². The van der Waals surface area contributed by atoms with Crippen LogP contribution >= 0.6 is 0 Å². The van der Waals surface area contributed by atoms with E-state index in [-0.39, 0.29) is 25.1 Å². The van der Waals surface area contributed by atoms with E-state index in [2.05, 4.69) is 9.47 Å². The average Bonchev–Trinajstić information content (AvgIpc) is 2.59. The van der Waals surface area contributed by atoms with Gasteiger partial charge < -0.3 is 18.9 Å².